The highest BCUT2D eigenvalue weighted by Gasteiger charge is 2.33. The average Bonchev–Trinajstić information content (AvgIpc) is 3.41. The third-order valence-electron chi connectivity index (χ3n) is 5.91. The highest BCUT2D eigenvalue weighted by Crippen LogP contribution is 2.33. The summed E-state index contributed by atoms with van der Waals surface area (Å²) in [6, 6.07) is 4.21. The summed E-state index contributed by atoms with van der Waals surface area (Å²) in [6.07, 6.45) is 12.3. The lowest BCUT2D eigenvalue weighted by Crippen LogP contribution is -2.43. The van der Waals surface area contributed by atoms with Gasteiger partial charge in [0.25, 0.3) is 0 Å². The van der Waals surface area contributed by atoms with Crippen molar-refractivity contribution < 1.29 is 4.79 Å². The number of carbonyl (C=O) groups is 1. The minimum Gasteiger partial charge on any atom is -0.346 e. The number of piperidine rings is 1. The molecule has 2 aliphatic rings. The number of likely N-dealkylation sites (tertiary alicyclic amines) is 1. The summed E-state index contributed by atoms with van der Waals surface area (Å²) >= 11 is 1.66. The number of hydrogen-bond donors (Lipinski definition) is 1. The molecule has 2 aromatic heterocycles. The molecule has 0 bridgehead atoms. The Morgan fingerprint density at radius 2 is 2.00 bits per heavy atom. The zero-order valence-electron chi connectivity index (χ0n) is 15.7. The van der Waals surface area contributed by atoms with Crippen molar-refractivity contribution in [1.29, 1.82) is 0 Å². The Hall–Kier alpha value is -1.79. The Bertz CT molecular complexity index is 715. The van der Waals surface area contributed by atoms with E-state index in [1.165, 1.54) is 18.4 Å². The Morgan fingerprint density at radius 3 is 2.74 bits per heavy atom. The van der Waals surface area contributed by atoms with Crippen LogP contribution in [0.5, 0.6) is 0 Å². The van der Waals surface area contributed by atoms with E-state index in [-0.39, 0.29) is 17.9 Å². The van der Waals surface area contributed by atoms with E-state index >= 15 is 0 Å². The van der Waals surface area contributed by atoms with Crippen molar-refractivity contribution in [3.63, 3.8) is 0 Å². The molecule has 144 valence electrons. The predicted octanol–water partition coefficient (Wildman–Crippen LogP) is 3.80. The van der Waals surface area contributed by atoms with Crippen LogP contribution < -0.4 is 5.32 Å². The molecule has 0 radical (unpaired) electrons. The van der Waals surface area contributed by atoms with Gasteiger partial charge in [-0.2, -0.15) is 0 Å². The lowest BCUT2D eigenvalue weighted by atomic mass is 9.90. The zero-order valence-corrected chi connectivity index (χ0v) is 16.5. The molecular weight excluding hydrogens is 356 g/mol. The van der Waals surface area contributed by atoms with Gasteiger partial charge in [-0.05, 0) is 55.8 Å². The fraction of sp³-hybridized carbons (Fsp3) is 0.571. The molecule has 2 atom stereocenters. The monoisotopic (exact) mass is 384 g/mol. The molecule has 4 rings (SSSR count). The van der Waals surface area contributed by atoms with Crippen LogP contribution in [-0.4, -0.2) is 33.9 Å². The number of nitrogens with one attached hydrogen (secondary N) is 1. The van der Waals surface area contributed by atoms with Crippen molar-refractivity contribution >= 4 is 17.2 Å². The lowest BCUT2D eigenvalue weighted by molar-refractivity contribution is -0.126. The molecule has 0 aromatic carbocycles. The van der Waals surface area contributed by atoms with Crippen LogP contribution in [0.15, 0.2) is 36.1 Å². The minimum atomic E-state index is 0.0401. The second-order valence-electron chi connectivity index (χ2n) is 7.83. The molecule has 2 fully saturated rings. The fourth-order valence-electron chi connectivity index (χ4n) is 4.48. The van der Waals surface area contributed by atoms with Gasteiger partial charge in [-0.1, -0.05) is 12.8 Å². The molecule has 0 unspecified atom stereocenters. The van der Waals surface area contributed by atoms with Crippen LogP contribution in [0.3, 0.4) is 0 Å². The van der Waals surface area contributed by atoms with Crippen LogP contribution >= 0.6 is 11.3 Å². The first kappa shape index (κ1) is 18.6. The number of amides is 1. The van der Waals surface area contributed by atoms with Gasteiger partial charge in [0, 0.05) is 43.0 Å². The summed E-state index contributed by atoms with van der Waals surface area (Å²) in [7, 11) is 0. The first-order valence-electron chi connectivity index (χ1n) is 10.1. The van der Waals surface area contributed by atoms with Gasteiger partial charge in [-0.3, -0.25) is 14.7 Å². The van der Waals surface area contributed by atoms with Crippen LogP contribution in [0, 0.1) is 11.8 Å². The summed E-state index contributed by atoms with van der Waals surface area (Å²) < 4.78 is 0. The van der Waals surface area contributed by atoms with E-state index in [9.17, 15) is 4.79 Å². The Morgan fingerprint density at radius 1 is 1.19 bits per heavy atom. The number of hydrogen-bond acceptors (Lipinski definition) is 5. The summed E-state index contributed by atoms with van der Waals surface area (Å²) in [5.41, 5.74) is 1.30. The molecular formula is C21H28N4OS. The molecule has 1 amide bonds. The lowest BCUT2D eigenvalue weighted by Gasteiger charge is -2.37. The molecule has 1 aliphatic heterocycles. The molecule has 2 aromatic rings. The van der Waals surface area contributed by atoms with Crippen molar-refractivity contribution in [2.45, 2.75) is 51.1 Å². The van der Waals surface area contributed by atoms with Gasteiger partial charge in [0.15, 0.2) is 0 Å². The third kappa shape index (κ3) is 4.74. The molecule has 1 N–H and O–H groups in total. The molecule has 0 spiro atoms. The number of aromatic nitrogens is 2. The number of thiazole rings is 1. The Balaban J connectivity index is 1.45. The van der Waals surface area contributed by atoms with Crippen LogP contribution in [0.4, 0.5) is 0 Å². The largest absolute Gasteiger partial charge is 0.346 e. The predicted molar refractivity (Wildman–Crippen MR) is 107 cm³/mol. The van der Waals surface area contributed by atoms with Gasteiger partial charge < -0.3 is 5.32 Å². The van der Waals surface area contributed by atoms with Gasteiger partial charge in [-0.15, -0.1) is 11.3 Å². The normalized spacial score (nSPS) is 22.6. The summed E-state index contributed by atoms with van der Waals surface area (Å²) in [6.45, 7) is 3.05. The fourth-order valence-corrected chi connectivity index (χ4v) is 5.26. The topological polar surface area (TPSA) is 58.1 Å². The van der Waals surface area contributed by atoms with Gasteiger partial charge in [-0.25, -0.2) is 4.98 Å². The second kappa shape index (κ2) is 8.93. The van der Waals surface area contributed by atoms with E-state index in [1.807, 2.05) is 24.0 Å². The molecule has 6 heteroatoms. The zero-order chi connectivity index (χ0) is 18.5. The average molecular weight is 385 g/mol. The Labute approximate surface area is 165 Å². The summed E-state index contributed by atoms with van der Waals surface area (Å²) in [4.78, 5) is 24.0. The van der Waals surface area contributed by atoms with Crippen LogP contribution in [0.25, 0.3) is 0 Å². The molecule has 1 aliphatic carbocycles. The standard InChI is InChI=1S/C21H28N4OS/c26-20(17-4-1-2-5-17)24-19(21-23-11-13-27-21)18-6-3-12-25(15-18)14-16-7-9-22-10-8-16/h7-11,13,17-19H,1-6,12,14-15H2,(H,24,26)/t18-,19-/m0/s1. The molecule has 27 heavy (non-hydrogen) atoms. The third-order valence-corrected chi connectivity index (χ3v) is 6.77. The second-order valence-corrected chi connectivity index (χ2v) is 8.76. The van der Waals surface area contributed by atoms with E-state index in [4.69, 9.17) is 0 Å². The maximum atomic E-state index is 12.8. The van der Waals surface area contributed by atoms with Gasteiger partial charge in [0.05, 0.1) is 6.04 Å². The van der Waals surface area contributed by atoms with E-state index in [0.29, 0.717) is 5.92 Å². The number of nitrogens with zero attached hydrogens (tertiary/aromatic N) is 3. The summed E-state index contributed by atoms with van der Waals surface area (Å²) in [5.74, 6) is 0.847. The minimum absolute atomic E-state index is 0.0401. The van der Waals surface area contributed by atoms with E-state index < -0.39 is 0 Å². The van der Waals surface area contributed by atoms with Crippen molar-refractivity contribution in [2.75, 3.05) is 13.1 Å². The highest BCUT2D eigenvalue weighted by atomic mass is 32.1. The van der Waals surface area contributed by atoms with Gasteiger partial charge >= 0.3 is 0 Å². The van der Waals surface area contributed by atoms with Crippen molar-refractivity contribution in [3.05, 3.63) is 46.7 Å². The first-order valence-corrected chi connectivity index (χ1v) is 11.0. The van der Waals surface area contributed by atoms with E-state index in [1.54, 1.807) is 11.3 Å². The van der Waals surface area contributed by atoms with E-state index in [2.05, 4.69) is 32.3 Å². The molecule has 3 heterocycles. The van der Waals surface area contributed by atoms with Gasteiger partial charge in [0.1, 0.15) is 5.01 Å². The quantitative estimate of drug-likeness (QED) is 0.823. The smallest absolute Gasteiger partial charge is 0.223 e. The van der Waals surface area contributed by atoms with Crippen LogP contribution in [0.1, 0.15) is 55.1 Å². The number of pyridine rings is 1. The maximum Gasteiger partial charge on any atom is 0.223 e. The first-order chi connectivity index (χ1) is 13.3. The van der Waals surface area contributed by atoms with Crippen LogP contribution in [0.2, 0.25) is 0 Å². The Kier molecular flexibility index (Phi) is 6.14. The number of carbonyl (C=O) groups excluding carboxylic acids is 1. The van der Waals surface area contributed by atoms with E-state index in [0.717, 1.165) is 50.3 Å². The molecule has 1 saturated heterocycles. The summed E-state index contributed by atoms with van der Waals surface area (Å²) in [5, 5.41) is 6.46. The maximum absolute atomic E-state index is 12.8. The van der Waals surface area contributed by atoms with Crippen molar-refractivity contribution in [3.8, 4) is 0 Å². The SMILES string of the molecule is O=C(N[C@H](c1nccs1)[C@H]1CCCN(Cc2ccncc2)C1)C1CCCC1. The van der Waals surface area contributed by atoms with Crippen molar-refractivity contribution in [1.82, 2.24) is 20.2 Å². The van der Waals surface area contributed by atoms with Gasteiger partial charge in [0.2, 0.25) is 5.91 Å². The molecule has 1 saturated carbocycles. The highest BCUT2D eigenvalue weighted by molar-refractivity contribution is 7.09. The molecule has 5 nitrogen and oxygen atoms in total. The van der Waals surface area contributed by atoms with Crippen LogP contribution in [-0.2, 0) is 11.3 Å². The number of rotatable bonds is 6. The van der Waals surface area contributed by atoms with Crippen molar-refractivity contribution in [2.24, 2.45) is 11.8 Å².